The summed E-state index contributed by atoms with van der Waals surface area (Å²) in [7, 11) is 0. The number of allylic oxidation sites excluding steroid dienone is 1. The molecule has 0 saturated carbocycles. The summed E-state index contributed by atoms with van der Waals surface area (Å²) in [6, 6.07) is 1.69. The van der Waals surface area contributed by atoms with Crippen LogP contribution < -0.4 is 0 Å². The predicted molar refractivity (Wildman–Crippen MR) is 130 cm³/mol. The van der Waals surface area contributed by atoms with E-state index in [9.17, 15) is 19.2 Å². The van der Waals surface area contributed by atoms with E-state index in [1.807, 2.05) is 6.92 Å². The van der Waals surface area contributed by atoms with Gasteiger partial charge < -0.3 is 19.3 Å². The fourth-order valence-electron chi connectivity index (χ4n) is 1.10. The van der Waals surface area contributed by atoms with E-state index in [0.717, 1.165) is 18.9 Å². The third-order valence-electron chi connectivity index (χ3n) is 2.84. The Morgan fingerprint density at radius 3 is 1.68 bits per heavy atom. The van der Waals surface area contributed by atoms with E-state index in [1.165, 1.54) is 19.1 Å². The highest BCUT2D eigenvalue weighted by Gasteiger charge is 2.06. The number of nitriles is 1. The molecule has 0 heterocycles. The van der Waals surface area contributed by atoms with Crippen LogP contribution in [0.1, 0.15) is 46.5 Å². The zero-order valence-electron chi connectivity index (χ0n) is 20.5. The van der Waals surface area contributed by atoms with Crippen molar-refractivity contribution >= 4 is 23.9 Å². The first-order chi connectivity index (χ1) is 16.0. The van der Waals surface area contributed by atoms with Crippen molar-refractivity contribution < 1.29 is 38.5 Å². The van der Waals surface area contributed by atoms with E-state index in [4.69, 9.17) is 15.1 Å². The maximum Gasteiger partial charge on any atom is 0.340 e. The summed E-state index contributed by atoms with van der Waals surface area (Å²) in [6.07, 6.45) is 6.62. The van der Waals surface area contributed by atoms with Crippen LogP contribution in [0.15, 0.2) is 62.3 Å². The van der Waals surface area contributed by atoms with Crippen LogP contribution in [0.2, 0.25) is 0 Å². The Bertz CT molecular complexity index is 717. The lowest BCUT2D eigenvalue weighted by molar-refractivity contribution is -0.153. The molecule has 0 fully saturated rings. The second kappa shape index (κ2) is 29.2. The van der Waals surface area contributed by atoms with Crippen LogP contribution in [-0.4, -0.2) is 48.8 Å². The summed E-state index contributed by atoms with van der Waals surface area (Å²) < 4.78 is 13.6. The first-order valence-electron chi connectivity index (χ1n) is 10.3. The molecule has 9 nitrogen and oxygen atoms in total. The number of nitrogens with zero attached hydrogens (tertiary/aromatic N) is 1. The van der Waals surface area contributed by atoms with Crippen molar-refractivity contribution in [1.29, 1.82) is 5.26 Å². The van der Waals surface area contributed by atoms with E-state index < -0.39 is 11.9 Å². The Labute approximate surface area is 202 Å². The maximum atomic E-state index is 10.7. The van der Waals surface area contributed by atoms with Crippen LogP contribution in [-0.2, 0) is 33.4 Å². The van der Waals surface area contributed by atoms with Crippen molar-refractivity contribution in [2.24, 2.45) is 0 Å². The highest BCUT2D eigenvalue weighted by atomic mass is 16.6. The van der Waals surface area contributed by atoms with Gasteiger partial charge in [0.05, 0.1) is 19.3 Å². The molecule has 1 N–H and O–H groups in total. The van der Waals surface area contributed by atoms with Gasteiger partial charge in [0, 0.05) is 36.0 Å². The number of ether oxygens (including phenoxy) is 3. The van der Waals surface area contributed by atoms with E-state index >= 15 is 0 Å². The van der Waals surface area contributed by atoms with Gasteiger partial charge in [-0.05, 0) is 33.1 Å². The fourth-order valence-corrected chi connectivity index (χ4v) is 1.10. The first kappa shape index (κ1) is 37.5. The van der Waals surface area contributed by atoms with Crippen molar-refractivity contribution in [3.8, 4) is 6.07 Å². The lowest BCUT2D eigenvalue weighted by Gasteiger charge is -2.01. The SMILES string of the molecule is C=C(C)C(=O)OCCCCO.C=CC#N.C=CC(=O)OC(=O)C(=C)C.C=CC(=O)OCCCC. The Morgan fingerprint density at radius 2 is 1.32 bits per heavy atom. The molecule has 0 aliphatic rings. The summed E-state index contributed by atoms with van der Waals surface area (Å²) in [5.41, 5.74) is 0.601. The van der Waals surface area contributed by atoms with Crippen LogP contribution in [0.25, 0.3) is 0 Å². The second-order valence-electron chi connectivity index (χ2n) is 6.10. The number of hydrogen-bond acceptors (Lipinski definition) is 9. The molecular weight excluding hydrogens is 442 g/mol. The summed E-state index contributed by atoms with van der Waals surface area (Å²) in [5, 5.41) is 15.9. The number of esters is 4. The number of hydrogen-bond donors (Lipinski definition) is 1. The van der Waals surface area contributed by atoms with Gasteiger partial charge in [-0.3, -0.25) is 0 Å². The predicted octanol–water partition coefficient (Wildman–Crippen LogP) is 3.91. The van der Waals surface area contributed by atoms with Crippen molar-refractivity contribution in [2.45, 2.75) is 46.5 Å². The van der Waals surface area contributed by atoms with Gasteiger partial charge in [0.1, 0.15) is 0 Å². The standard InChI is InChI=1S/C8H14O3.C7H8O3.C7H12O2.C3H3N/c1-7(2)8(10)11-6-4-3-5-9;1-4-6(8)10-7(9)5(2)3;1-3-5-6-9-7(8)4-2;1-2-3-4/h9H,1,3-6H2,2H3;4H,1-2H2,3H3;4H,2-3,5-6H2,1H3;2H,1H2. The molecule has 0 atom stereocenters. The molecule has 0 aliphatic carbocycles. The number of aliphatic hydroxyl groups excluding tert-OH is 1. The van der Waals surface area contributed by atoms with Crippen molar-refractivity contribution in [3.63, 3.8) is 0 Å². The van der Waals surface area contributed by atoms with Crippen LogP contribution >= 0.6 is 0 Å². The summed E-state index contributed by atoms with van der Waals surface area (Å²) >= 11 is 0. The molecule has 0 radical (unpaired) electrons. The molecule has 0 saturated heterocycles. The monoisotopic (exact) mass is 479 g/mol. The highest BCUT2D eigenvalue weighted by Crippen LogP contribution is 1.95. The first-order valence-corrected chi connectivity index (χ1v) is 10.3. The Morgan fingerprint density at radius 1 is 0.853 bits per heavy atom. The van der Waals surface area contributed by atoms with Gasteiger partial charge in [0.2, 0.25) is 0 Å². The van der Waals surface area contributed by atoms with Gasteiger partial charge in [0.15, 0.2) is 0 Å². The lowest BCUT2D eigenvalue weighted by atomic mass is 10.3. The number of unbranched alkanes of at least 4 members (excludes halogenated alkanes) is 2. The number of carbonyl (C=O) groups is 4. The fraction of sp³-hybridized carbons (Fsp3) is 0.400. The lowest BCUT2D eigenvalue weighted by Crippen LogP contribution is -2.09. The van der Waals surface area contributed by atoms with Crippen molar-refractivity contribution in [2.75, 3.05) is 19.8 Å². The average molecular weight is 480 g/mol. The Hall–Kier alpha value is -3.77. The van der Waals surface area contributed by atoms with E-state index in [2.05, 4.69) is 42.4 Å². The molecule has 0 aromatic carbocycles. The molecule has 0 unspecified atom stereocenters. The molecule has 0 spiro atoms. The summed E-state index contributed by atoms with van der Waals surface area (Å²) in [5.74, 6) is -2.16. The topological polar surface area (TPSA) is 140 Å². The van der Waals surface area contributed by atoms with Crippen molar-refractivity contribution in [3.05, 3.63) is 62.3 Å². The third kappa shape index (κ3) is 35.7. The highest BCUT2D eigenvalue weighted by molar-refractivity contribution is 5.98. The van der Waals surface area contributed by atoms with Gasteiger partial charge in [-0.2, -0.15) is 5.26 Å². The molecule has 0 aliphatic heterocycles. The smallest absolute Gasteiger partial charge is 0.340 e. The quantitative estimate of drug-likeness (QED) is 0.117. The van der Waals surface area contributed by atoms with Gasteiger partial charge in [-0.1, -0.05) is 46.2 Å². The molecule has 0 aromatic rings. The second-order valence-corrected chi connectivity index (χ2v) is 6.10. The molecule has 9 heteroatoms. The Balaban J connectivity index is -0.000000184. The van der Waals surface area contributed by atoms with E-state index in [-0.39, 0.29) is 24.1 Å². The number of rotatable bonds is 11. The molecule has 0 aromatic heterocycles. The number of carbonyl (C=O) groups excluding carboxylic acids is 4. The summed E-state index contributed by atoms with van der Waals surface area (Å²) in [4.78, 5) is 41.9. The summed E-state index contributed by atoms with van der Waals surface area (Å²) in [6.45, 7) is 22.3. The van der Waals surface area contributed by atoms with Gasteiger partial charge in [-0.25, -0.2) is 19.2 Å². The van der Waals surface area contributed by atoms with Gasteiger partial charge in [0.25, 0.3) is 0 Å². The third-order valence-corrected chi connectivity index (χ3v) is 2.84. The zero-order chi connectivity index (χ0) is 27.4. The Kier molecular flexibility index (Phi) is 32.3. The van der Waals surface area contributed by atoms with Crippen LogP contribution in [0.5, 0.6) is 0 Å². The molecule has 190 valence electrons. The van der Waals surface area contributed by atoms with Gasteiger partial charge >= 0.3 is 23.9 Å². The van der Waals surface area contributed by atoms with E-state index in [0.29, 0.717) is 31.6 Å². The van der Waals surface area contributed by atoms with Crippen LogP contribution in [0.3, 0.4) is 0 Å². The van der Waals surface area contributed by atoms with Crippen LogP contribution in [0.4, 0.5) is 0 Å². The molecular formula is C25H37NO8. The molecule has 0 amide bonds. The van der Waals surface area contributed by atoms with E-state index in [1.54, 1.807) is 13.0 Å². The van der Waals surface area contributed by atoms with Crippen molar-refractivity contribution in [1.82, 2.24) is 0 Å². The van der Waals surface area contributed by atoms with Gasteiger partial charge in [-0.15, -0.1) is 0 Å². The normalized spacial score (nSPS) is 8.09. The minimum atomic E-state index is -0.756. The average Bonchev–Trinajstić information content (AvgIpc) is 2.82. The number of aliphatic hydroxyl groups is 1. The molecule has 34 heavy (non-hydrogen) atoms. The van der Waals surface area contributed by atoms with Crippen LogP contribution in [0, 0.1) is 11.3 Å². The maximum absolute atomic E-state index is 10.7. The minimum absolute atomic E-state index is 0.143. The minimum Gasteiger partial charge on any atom is -0.463 e. The largest absolute Gasteiger partial charge is 0.463 e. The zero-order valence-corrected chi connectivity index (χ0v) is 20.5. The molecule has 0 bridgehead atoms. The molecule has 0 rings (SSSR count).